The molecule has 0 aromatic carbocycles. The molecule has 0 unspecified atom stereocenters. The summed E-state index contributed by atoms with van der Waals surface area (Å²) in [6.07, 6.45) is 11.9. The molecule has 8 atom stereocenters. The Kier molecular flexibility index (Phi) is 4.77. The normalized spacial score (nSPS) is 52.6. The van der Waals surface area contributed by atoms with Gasteiger partial charge >= 0.3 is 0 Å². The molecule has 144 valence electrons. The van der Waals surface area contributed by atoms with Crippen LogP contribution >= 0.6 is 0 Å². The molecule has 0 aromatic rings. The molecular formula is C23H40O2. The van der Waals surface area contributed by atoms with Crippen LogP contribution in [0.3, 0.4) is 0 Å². The predicted octanol–water partition coefficient (Wildman–Crippen LogP) is 5.29. The van der Waals surface area contributed by atoms with E-state index >= 15 is 0 Å². The fourth-order valence-electron chi connectivity index (χ4n) is 8.50. The van der Waals surface area contributed by atoms with E-state index in [1.54, 1.807) is 7.11 Å². The zero-order valence-electron chi connectivity index (χ0n) is 17.0. The zero-order valence-corrected chi connectivity index (χ0v) is 17.0. The van der Waals surface area contributed by atoms with Crippen molar-refractivity contribution in [3.63, 3.8) is 0 Å². The van der Waals surface area contributed by atoms with Crippen LogP contribution in [0.2, 0.25) is 0 Å². The van der Waals surface area contributed by atoms with E-state index in [2.05, 4.69) is 20.8 Å². The van der Waals surface area contributed by atoms with Crippen LogP contribution < -0.4 is 0 Å². The lowest BCUT2D eigenvalue weighted by atomic mass is 9.48. The quantitative estimate of drug-likeness (QED) is 0.751. The summed E-state index contributed by atoms with van der Waals surface area (Å²) in [5, 5.41) is 10.9. The van der Waals surface area contributed by atoms with Gasteiger partial charge in [0.05, 0.1) is 12.2 Å². The Morgan fingerprint density at radius 3 is 2.44 bits per heavy atom. The van der Waals surface area contributed by atoms with E-state index in [0.717, 1.165) is 54.3 Å². The second-order valence-electron chi connectivity index (χ2n) is 10.8. The Bertz CT molecular complexity index is 488. The zero-order chi connectivity index (χ0) is 17.8. The van der Waals surface area contributed by atoms with Crippen LogP contribution in [0.4, 0.5) is 0 Å². The highest BCUT2D eigenvalue weighted by molar-refractivity contribution is 5.07. The molecule has 4 rings (SSSR count). The molecule has 4 aliphatic rings. The fourth-order valence-corrected chi connectivity index (χ4v) is 8.50. The van der Waals surface area contributed by atoms with E-state index in [1.807, 2.05) is 0 Å². The maximum absolute atomic E-state index is 10.9. The first kappa shape index (κ1) is 18.3. The second kappa shape index (κ2) is 6.51. The van der Waals surface area contributed by atoms with Gasteiger partial charge in [0.15, 0.2) is 0 Å². The van der Waals surface area contributed by atoms with Crippen LogP contribution in [0.25, 0.3) is 0 Å². The average Bonchev–Trinajstić information content (AvgIpc) is 2.91. The third-order valence-corrected chi connectivity index (χ3v) is 9.40. The molecule has 0 spiro atoms. The molecule has 0 heterocycles. The molecule has 0 bridgehead atoms. The van der Waals surface area contributed by atoms with Crippen LogP contribution in [0.5, 0.6) is 0 Å². The van der Waals surface area contributed by atoms with E-state index < -0.39 is 5.60 Å². The number of ether oxygens (including phenoxy) is 1. The molecule has 2 nitrogen and oxygen atoms in total. The van der Waals surface area contributed by atoms with Gasteiger partial charge in [-0.1, -0.05) is 20.8 Å². The highest BCUT2D eigenvalue weighted by Crippen LogP contribution is 2.65. The van der Waals surface area contributed by atoms with Crippen molar-refractivity contribution in [2.45, 2.75) is 84.2 Å². The molecule has 4 saturated carbocycles. The van der Waals surface area contributed by atoms with Crippen molar-refractivity contribution in [3.8, 4) is 0 Å². The number of hydrogen-bond donors (Lipinski definition) is 1. The molecule has 25 heavy (non-hydrogen) atoms. The number of rotatable bonds is 3. The van der Waals surface area contributed by atoms with E-state index in [1.165, 1.54) is 44.9 Å². The monoisotopic (exact) mass is 348 g/mol. The Balaban J connectivity index is 1.50. The van der Waals surface area contributed by atoms with Gasteiger partial charge in [0, 0.05) is 7.11 Å². The lowest BCUT2D eigenvalue weighted by molar-refractivity contribution is -0.125. The van der Waals surface area contributed by atoms with Crippen molar-refractivity contribution < 1.29 is 9.84 Å². The summed E-state index contributed by atoms with van der Waals surface area (Å²) in [5.41, 5.74) is 0.0790. The highest BCUT2D eigenvalue weighted by atomic mass is 16.5. The summed E-state index contributed by atoms with van der Waals surface area (Å²) in [4.78, 5) is 0. The molecule has 0 amide bonds. The van der Waals surface area contributed by atoms with Crippen LogP contribution in [0.15, 0.2) is 0 Å². The first-order valence-corrected chi connectivity index (χ1v) is 11.1. The van der Waals surface area contributed by atoms with Gasteiger partial charge in [-0.15, -0.1) is 0 Å². The van der Waals surface area contributed by atoms with Crippen LogP contribution in [-0.4, -0.2) is 24.4 Å². The molecule has 0 radical (unpaired) electrons. The first-order chi connectivity index (χ1) is 11.9. The minimum absolute atomic E-state index is 0.529. The molecule has 4 fully saturated rings. The summed E-state index contributed by atoms with van der Waals surface area (Å²) in [5.74, 6) is 6.36. The highest BCUT2D eigenvalue weighted by Gasteiger charge is 2.57. The Labute approximate surface area is 155 Å². The van der Waals surface area contributed by atoms with Crippen molar-refractivity contribution in [2.75, 3.05) is 13.7 Å². The number of fused-ring (bicyclic) bond motifs is 5. The van der Waals surface area contributed by atoms with Crippen molar-refractivity contribution in [3.05, 3.63) is 0 Å². The number of hydrogen-bond acceptors (Lipinski definition) is 2. The lowest BCUT2D eigenvalue weighted by Gasteiger charge is -2.57. The minimum Gasteiger partial charge on any atom is -0.387 e. The van der Waals surface area contributed by atoms with Crippen LogP contribution in [-0.2, 0) is 4.74 Å². The minimum atomic E-state index is -0.540. The summed E-state index contributed by atoms with van der Waals surface area (Å²) in [7, 11) is 1.73. The van der Waals surface area contributed by atoms with Crippen LogP contribution in [0.1, 0.15) is 78.6 Å². The maximum atomic E-state index is 10.9. The third kappa shape index (κ3) is 2.90. The van der Waals surface area contributed by atoms with Crippen molar-refractivity contribution >= 4 is 0 Å². The SMILES string of the molecule is COC[C@@]1(O)CC[C@H]2[C@H](CC[C@@H]3[C@@H]2CC[C@]2(C)[C@@H](C(C)C)CC[C@@H]32)C1. The van der Waals surface area contributed by atoms with Crippen molar-refractivity contribution in [1.82, 2.24) is 0 Å². The Hall–Kier alpha value is -0.0800. The molecule has 0 aromatic heterocycles. The molecule has 4 aliphatic carbocycles. The van der Waals surface area contributed by atoms with E-state index in [4.69, 9.17) is 4.74 Å². The summed E-state index contributed by atoms with van der Waals surface area (Å²) in [6, 6.07) is 0. The summed E-state index contributed by atoms with van der Waals surface area (Å²) >= 11 is 0. The van der Waals surface area contributed by atoms with Gasteiger partial charge in [-0.05, 0) is 105 Å². The maximum Gasteiger partial charge on any atom is 0.0882 e. The van der Waals surface area contributed by atoms with E-state index in [0.29, 0.717) is 12.0 Å². The smallest absolute Gasteiger partial charge is 0.0882 e. The number of methoxy groups -OCH3 is 1. The van der Waals surface area contributed by atoms with Crippen LogP contribution in [0, 0.1) is 46.8 Å². The number of aliphatic hydroxyl groups is 1. The van der Waals surface area contributed by atoms with Gasteiger partial charge in [-0.25, -0.2) is 0 Å². The second-order valence-corrected chi connectivity index (χ2v) is 10.8. The summed E-state index contributed by atoms with van der Waals surface area (Å²) in [6.45, 7) is 8.09. The van der Waals surface area contributed by atoms with Crippen molar-refractivity contribution in [2.24, 2.45) is 46.8 Å². The van der Waals surface area contributed by atoms with Gasteiger partial charge in [-0.2, -0.15) is 0 Å². The van der Waals surface area contributed by atoms with Crippen molar-refractivity contribution in [1.29, 1.82) is 0 Å². The van der Waals surface area contributed by atoms with E-state index in [9.17, 15) is 5.11 Å². The van der Waals surface area contributed by atoms with Gasteiger partial charge in [0.1, 0.15) is 0 Å². The molecular weight excluding hydrogens is 308 g/mol. The standard InChI is InChI=1S/C23H40O2/c1-15(2)20-7-8-21-19-6-5-16-13-23(24,14-25-4)12-10-17(16)18(19)9-11-22(20,21)3/h15-21,24H,5-14H2,1-4H3/t16-,17+,18-,19-,20-,21+,22-,23-/m1/s1. The summed E-state index contributed by atoms with van der Waals surface area (Å²) < 4.78 is 5.32. The van der Waals surface area contributed by atoms with Gasteiger partial charge in [-0.3, -0.25) is 0 Å². The van der Waals surface area contributed by atoms with Gasteiger partial charge in [0.25, 0.3) is 0 Å². The molecule has 0 saturated heterocycles. The fraction of sp³-hybridized carbons (Fsp3) is 1.00. The largest absolute Gasteiger partial charge is 0.387 e. The van der Waals surface area contributed by atoms with Gasteiger partial charge in [0.2, 0.25) is 0 Å². The molecule has 2 heteroatoms. The first-order valence-electron chi connectivity index (χ1n) is 11.1. The predicted molar refractivity (Wildman–Crippen MR) is 102 cm³/mol. The Morgan fingerprint density at radius 2 is 1.72 bits per heavy atom. The molecule has 0 aliphatic heterocycles. The van der Waals surface area contributed by atoms with E-state index in [-0.39, 0.29) is 0 Å². The average molecular weight is 349 g/mol. The van der Waals surface area contributed by atoms with Gasteiger partial charge < -0.3 is 9.84 Å². The topological polar surface area (TPSA) is 29.5 Å². The lowest BCUT2D eigenvalue weighted by Crippen LogP contribution is -2.52. The molecule has 1 N–H and O–H groups in total. The Morgan fingerprint density at radius 1 is 0.960 bits per heavy atom. The third-order valence-electron chi connectivity index (χ3n) is 9.40.